The molecular formula is C48H60N6O9. The predicted octanol–water partition coefficient (Wildman–Crippen LogP) is 4.26. The number of aromatic nitrogens is 2. The van der Waals surface area contributed by atoms with Crippen LogP contribution in [0, 0.1) is 0 Å². The maximum atomic E-state index is 13.8. The van der Waals surface area contributed by atoms with E-state index in [9.17, 15) is 28.8 Å². The summed E-state index contributed by atoms with van der Waals surface area (Å²) < 4.78 is 21.0. The zero-order chi connectivity index (χ0) is 44.5. The van der Waals surface area contributed by atoms with E-state index in [0.717, 1.165) is 78.4 Å². The van der Waals surface area contributed by atoms with Crippen LogP contribution < -0.4 is 27.0 Å². The average molecular weight is 865 g/mol. The van der Waals surface area contributed by atoms with Crippen molar-refractivity contribution in [1.29, 1.82) is 0 Å². The molecule has 4 aromatic rings. The number of primary amides is 1. The Kier molecular flexibility index (Phi) is 15.2. The minimum Gasteiger partial charge on any atom is -0.381 e. The molecule has 1 unspecified atom stereocenters. The fourth-order valence-corrected chi connectivity index (χ4v) is 9.00. The molecule has 5 amide bonds. The monoisotopic (exact) mass is 864 g/mol. The summed E-state index contributed by atoms with van der Waals surface area (Å²) in [6, 6.07) is 18.3. The van der Waals surface area contributed by atoms with Crippen LogP contribution in [0.25, 0.3) is 11.0 Å². The van der Waals surface area contributed by atoms with E-state index in [1.165, 1.54) is 10.1 Å². The first-order valence-corrected chi connectivity index (χ1v) is 22.4. The quantitative estimate of drug-likeness (QED) is 0.0765. The lowest BCUT2D eigenvalue weighted by Gasteiger charge is -2.29. The summed E-state index contributed by atoms with van der Waals surface area (Å²) in [5.41, 5.74) is 12.9. The number of para-hydroxylation sites is 1. The van der Waals surface area contributed by atoms with Gasteiger partial charge in [-0.05, 0) is 105 Å². The summed E-state index contributed by atoms with van der Waals surface area (Å²) in [5, 5.41) is 5.45. The normalized spacial score (nSPS) is 18.3. The molecule has 3 aromatic carbocycles. The van der Waals surface area contributed by atoms with Gasteiger partial charge in [0.15, 0.2) is 0 Å². The highest BCUT2D eigenvalue weighted by Crippen LogP contribution is 2.39. The van der Waals surface area contributed by atoms with Crippen molar-refractivity contribution in [1.82, 2.24) is 19.8 Å². The Hall–Kier alpha value is -5.64. The van der Waals surface area contributed by atoms with Crippen LogP contribution in [0.2, 0.25) is 0 Å². The molecule has 4 heterocycles. The Morgan fingerprint density at radius 2 is 1.52 bits per heavy atom. The molecule has 63 heavy (non-hydrogen) atoms. The van der Waals surface area contributed by atoms with Gasteiger partial charge >= 0.3 is 5.69 Å². The Balaban J connectivity index is 0.768. The van der Waals surface area contributed by atoms with Gasteiger partial charge in [0, 0.05) is 59.2 Å². The molecule has 336 valence electrons. The van der Waals surface area contributed by atoms with Gasteiger partial charge in [-0.1, -0.05) is 48.5 Å². The van der Waals surface area contributed by atoms with E-state index in [0.29, 0.717) is 64.2 Å². The fraction of sp³-hybridized carbons (Fsp3) is 0.500. The molecule has 0 aliphatic carbocycles. The Morgan fingerprint density at radius 1 is 0.841 bits per heavy atom. The number of hydrogen-bond acceptors (Lipinski definition) is 9. The van der Waals surface area contributed by atoms with Gasteiger partial charge in [-0.25, -0.2) is 4.79 Å². The zero-order valence-electron chi connectivity index (χ0n) is 36.4. The number of amides is 5. The first kappa shape index (κ1) is 45.4. The SMILES string of the molecule is C[C@@H](OCc1ccc(CCCOCCCOCCCc2ccc3c(c2)n(C)c(=O)n3C2CCC(=O)NC2=O)cc1)[C@H](CCC(N)=O)NC(=O)[C@@H]1Cc2cccc3c2N1C(=O)CCC3. The lowest BCUT2D eigenvalue weighted by atomic mass is 10.0. The maximum Gasteiger partial charge on any atom is 0.329 e. The number of ether oxygens (including phenoxy) is 3. The number of aryl methyl sites for hydroxylation is 4. The summed E-state index contributed by atoms with van der Waals surface area (Å²) in [5.74, 6) is -1.49. The molecule has 0 spiro atoms. The number of piperidine rings is 1. The van der Waals surface area contributed by atoms with Gasteiger partial charge in [0.05, 0.1) is 35.5 Å². The van der Waals surface area contributed by atoms with Crippen molar-refractivity contribution in [3.63, 3.8) is 0 Å². The lowest BCUT2D eigenvalue weighted by Crippen LogP contribution is -2.53. The van der Waals surface area contributed by atoms with E-state index in [1.807, 2.05) is 55.5 Å². The van der Waals surface area contributed by atoms with Crippen LogP contribution >= 0.6 is 0 Å². The second-order valence-electron chi connectivity index (χ2n) is 17.0. The summed E-state index contributed by atoms with van der Waals surface area (Å²) in [6.45, 7) is 4.71. The maximum absolute atomic E-state index is 13.8. The van der Waals surface area contributed by atoms with Gasteiger partial charge in [0.1, 0.15) is 12.1 Å². The number of carbonyl (C=O) groups is 5. The van der Waals surface area contributed by atoms with Crippen LogP contribution in [-0.4, -0.2) is 83.3 Å². The summed E-state index contributed by atoms with van der Waals surface area (Å²) in [4.78, 5) is 77.5. The number of nitrogens with two attached hydrogens (primary N) is 1. The molecule has 0 radical (unpaired) electrons. The molecule has 3 aliphatic heterocycles. The van der Waals surface area contributed by atoms with Crippen molar-refractivity contribution in [3.05, 3.63) is 99.0 Å². The molecule has 0 saturated carbocycles. The molecular weight excluding hydrogens is 805 g/mol. The van der Waals surface area contributed by atoms with Gasteiger partial charge in [-0.2, -0.15) is 0 Å². The van der Waals surface area contributed by atoms with Gasteiger partial charge < -0.3 is 25.3 Å². The number of anilines is 1. The molecule has 4 N–H and O–H groups in total. The van der Waals surface area contributed by atoms with Crippen LogP contribution in [0.5, 0.6) is 0 Å². The van der Waals surface area contributed by atoms with Crippen molar-refractivity contribution in [2.24, 2.45) is 12.8 Å². The van der Waals surface area contributed by atoms with Crippen LogP contribution in [0.15, 0.2) is 65.5 Å². The second-order valence-corrected chi connectivity index (χ2v) is 17.0. The number of nitrogens with zero attached hydrogens (tertiary/aromatic N) is 3. The Morgan fingerprint density at radius 3 is 2.25 bits per heavy atom. The lowest BCUT2D eigenvalue weighted by molar-refractivity contribution is -0.135. The van der Waals surface area contributed by atoms with Crippen molar-refractivity contribution in [2.75, 3.05) is 31.3 Å². The number of rotatable bonds is 22. The van der Waals surface area contributed by atoms with E-state index in [1.54, 1.807) is 16.5 Å². The Bertz CT molecular complexity index is 2350. The van der Waals surface area contributed by atoms with E-state index < -0.39 is 36.0 Å². The van der Waals surface area contributed by atoms with Crippen LogP contribution in [-0.2, 0) is 77.5 Å². The standard InChI is InChI=1S/C48H60N6O9/c1-31(37(19-22-42(49)55)50-47(59)41-29-36-12-3-10-35-11-4-13-44(57)54(41)45(35)36)63-30-34-16-14-32(15-17-34)8-5-24-61-26-7-27-62-25-6-9-33-18-20-38-40(28-33)52(2)48(60)53(38)39-21-23-43(56)51-46(39)58/h3,10,12,14-18,20,28,31,37,39,41H,4-9,11,13,19,21-27,29-30H2,1-2H3,(H2,49,55)(H,50,59)(H,51,56,58)/t31-,37+,39?,41+/m1/s1. The minimum absolute atomic E-state index is 0.0355. The first-order valence-electron chi connectivity index (χ1n) is 22.4. The van der Waals surface area contributed by atoms with E-state index in [4.69, 9.17) is 19.9 Å². The third-order valence-electron chi connectivity index (χ3n) is 12.5. The third-order valence-corrected chi connectivity index (χ3v) is 12.5. The highest BCUT2D eigenvalue weighted by atomic mass is 16.5. The van der Waals surface area contributed by atoms with Crippen LogP contribution in [0.4, 0.5) is 5.69 Å². The predicted molar refractivity (Wildman–Crippen MR) is 237 cm³/mol. The highest BCUT2D eigenvalue weighted by Gasteiger charge is 2.41. The van der Waals surface area contributed by atoms with E-state index in [-0.39, 0.29) is 36.3 Å². The molecule has 1 fully saturated rings. The molecule has 7 rings (SSSR count). The topological polar surface area (TPSA) is 193 Å². The van der Waals surface area contributed by atoms with Gasteiger partial charge in [0.25, 0.3) is 0 Å². The molecule has 1 saturated heterocycles. The summed E-state index contributed by atoms with van der Waals surface area (Å²) in [6.07, 6.45) is 7.13. The summed E-state index contributed by atoms with van der Waals surface area (Å²) in [7, 11) is 1.70. The molecule has 3 aliphatic rings. The van der Waals surface area contributed by atoms with Gasteiger partial charge in [-0.3, -0.25) is 43.3 Å². The number of imide groups is 1. The van der Waals surface area contributed by atoms with Crippen LogP contribution in [0.3, 0.4) is 0 Å². The number of hydrogen-bond donors (Lipinski definition) is 3. The highest BCUT2D eigenvalue weighted by molar-refractivity contribution is 6.05. The van der Waals surface area contributed by atoms with Crippen molar-refractivity contribution >= 4 is 46.3 Å². The third kappa shape index (κ3) is 11.1. The fourth-order valence-electron chi connectivity index (χ4n) is 9.00. The first-order chi connectivity index (χ1) is 30.5. The van der Waals surface area contributed by atoms with Crippen LogP contribution in [0.1, 0.15) is 98.6 Å². The number of imidazole rings is 1. The molecule has 15 nitrogen and oxygen atoms in total. The summed E-state index contributed by atoms with van der Waals surface area (Å²) >= 11 is 0. The number of nitrogens with one attached hydrogen (secondary N) is 2. The molecule has 1 aromatic heterocycles. The minimum atomic E-state index is -0.697. The Labute approximate surface area is 367 Å². The number of fused-ring (bicyclic) bond motifs is 1. The molecule has 15 heteroatoms. The molecule has 4 atom stereocenters. The second kappa shape index (κ2) is 21.2. The average Bonchev–Trinajstić information content (AvgIpc) is 3.72. The number of carbonyl (C=O) groups excluding carboxylic acids is 5. The van der Waals surface area contributed by atoms with Crippen molar-refractivity contribution in [3.8, 4) is 0 Å². The number of benzene rings is 3. The van der Waals surface area contributed by atoms with E-state index >= 15 is 0 Å². The van der Waals surface area contributed by atoms with Crippen molar-refractivity contribution < 1.29 is 38.2 Å². The largest absolute Gasteiger partial charge is 0.381 e. The smallest absolute Gasteiger partial charge is 0.329 e. The van der Waals surface area contributed by atoms with Gasteiger partial charge in [-0.15, -0.1) is 0 Å². The van der Waals surface area contributed by atoms with Gasteiger partial charge in [0.2, 0.25) is 29.5 Å². The molecule has 0 bridgehead atoms. The van der Waals surface area contributed by atoms with Crippen molar-refractivity contribution in [2.45, 2.75) is 121 Å². The zero-order valence-corrected chi connectivity index (χ0v) is 36.4. The van der Waals surface area contributed by atoms with E-state index in [2.05, 4.69) is 22.8 Å².